The predicted molar refractivity (Wildman–Crippen MR) is 102 cm³/mol. The Hall–Kier alpha value is -2.38. The van der Waals surface area contributed by atoms with E-state index in [0.29, 0.717) is 18.7 Å². The number of nitrogens with zero attached hydrogens (tertiary/aromatic N) is 2. The van der Waals surface area contributed by atoms with Crippen LogP contribution in [0.2, 0.25) is 0 Å². The number of sulfonamides is 1. The van der Waals surface area contributed by atoms with Gasteiger partial charge in [-0.1, -0.05) is 48.5 Å². The summed E-state index contributed by atoms with van der Waals surface area (Å²) in [6.07, 6.45) is 0. The Kier molecular flexibility index (Phi) is 5.90. The molecule has 0 saturated carbocycles. The lowest BCUT2D eigenvalue weighted by Crippen LogP contribution is -2.51. The number of nitrogens with one attached hydrogen (secondary N) is 1. The second-order valence-electron chi connectivity index (χ2n) is 6.27. The number of hydrogen-bond donors (Lipinski definition) is 1. The SMILES string of the molecule is O=C(CNS(=O)(=O)Cc1ccccc1)N1CCN(c2ccccc2)CC1. The van der Waals surface area contributed by atoms with Crippen molar-refractivity contribution in [3.8, 4) is 0 Å². The summed E-state index contributed by atoms with van der Waals surface area (Å²) in [5.41, 5.74) is 1.84. The van der Waals surface area contributed by atoms with Gasteiger partial charge in [0.25, 0.3) is 0 Å². The predicted octanol–water partition coefficient (Wildman–Crippen LogP) is 1.45. The number of hydrogen-bond acceptors (Lipinski definition) is 4. The smallest absolute Gasteiger partial charge is 0.237 e. The first kappa shape index (κ1) is 18.4. The van der Waals surface area contributed by atoms with Crippen molar-refractivity contribution >= 4 is 21.6 Å². The molecule has 1 aliphatic heterocycles. The molecular weight excluding hydrogens is 350 g/mol. The van der Waals surface area contributed by atoms with E-state index in [0.717, 1.165) is 18.8 Å². The zero-order valence-corrected chi connectivity index (χ0v) is 15.4. The third-order valence-electron chi connectivity index (χ3n) is 4.40. The zero-order valence-electron chi connectivity index (χ0n) is 14.5. The molecule has 1 N–H and O–H groups in total. The van der Waals surface area contributed by atoms with Crippen LogP contribution in [-0.2, 0) is 20.6 Å². The Bertz CT molecular complexity index is 818. The molecular formula is C19H23N3O3S. The summed E-state index contributed by atoms with van der Waals surface area (Å²) in [6, 6.07) is 19.0. The average molecular weight is 373 g/mol. The van der Waals surface area contributed by atoms with E-state index >= 15 is 0 Å². The van der Waals surface area contributed by atoms with Crippen LogP contribution in [0, 0.1) is 0 Å². The van der Waals surface area contributed by atoms with E-state index in [2.05, 4.69) is 21.8 Å². The van der Waals surface area contributed by atoms with Crippen LogP contribution in [0.15, 0.2) is 60.7 Å². The van der Waals surface area contributed by atoms with Crippen molar-refractivity contribution in [3.63, 3.8) is 0 Å². The minimum atomic E-state index is -3.53. The lowest BCUT2D eigenvalue weighted by Gasteiger charge is -2.36. The van der Waals surface area contributed by atoms with E-state index in [-0.39, 0.29) is 18.2 Å². The van der Waals surface area contributed by atoms with Crippen molar-refractivity contribution in [2.75, 3.05) is 37.6 Å². The third kappa shape index (κ3) is 5.06. The number of amides is 1. The maximum atomic E-state index is 12.3. The molecule has 0 atom stereocenters. The molecule has 7 heteroatoms. The van der Waals surface area contributed by atoms with Gasteiger partial charge in [-0.15, -0.1) is 0 Å². The standard InChI is InChI=1S/C19H23N3O3S/c23-19(15-20-26(24,25)16-17-7-3-1-4-8-17)22-13-11-21(12-14-22)18-9-5-2-6-10-18/h1-10,20H,11-16H2. The summed E-state index contributed by atoms with van der Waals surface area (Å²) in [5.74, 6) is -0.308. The van der Waals surface area contributed by atoms with E-state index in [1.807, 2.05) is 24.3 Å². The Labute approximate surface area is 154 Å². The molecule has 26 heavy (non-hydrogen) atoms. The summed E-state index contributed by atoms with van der Waals surface area (Å²) in [7, 11) is -3.53. The fraction of sp³-hybridized carbons (Fsp3) is 0.316. The molecule has 0 spiro atoms. The highest BCUT2D eigenvalue weighted by Crippen LogP contribution is 2.15. The van der Waals surface area contributed by atoms with Crippen LogP contribution in [-0.4, -0.2) is 51.9 Å². The summed E-state index contributed by atoms with van der Waals surface area (Å²) in [5, 5.41) is 0. The second kappa shape index (κ2) is 8.33. The molecule has 0 radical (unpaired) electrons. The molecule has 6 nitrogen and oxygen atoms in total. The fourth-order valence-electron chi connectivity index (χ4n) is 2.98. The number of rotatable bonds is 6. The molecule has 0 unspecified atom stereocenters. The molecule has 2 aromatic rings. The molecule has 138 valence electrons. The molecule has 1 heterocycles. The van der Waals surface area contributed by atoms with Crippen LogP contribution in [0.3, 0.4) is 0 Å². The Morgan fingerprint density at radius 1 is 0.885 bits per heavy atom. The number of benzene rings is 2. The zero-order chi connectivity index (χ0) is 18.4. The molecule has 1 fully saturated rings. The number of piperazine rings is 1. The number of anilines is 1. The monoisotopic (exact) mass is 373 g/mol. The average Bonchev–Trinajstić information content (AvgIpc) is 2.67. The first-order valence-electron chi connectivity index (χ1n) is 8.62. The van der Waals surface area contributed by atoms with Crippen molar-refractivity contribution in [3.05, 3.63) is 66.2 Å². The Morgan fingerprint density at radius 2 is 1.46 bits per heavy atom. The molecule has 2 aromatic carbocycles. The van der Waals surface area contributed by atoms with Crippen LogP contribution in [0.25, 0.3) is 0 Å². The van der Waals surface area contributed by atoms with Gasteiger partial charge >= 0.3 is 0 Å². The maximum absolute atomic E-state index is 12.3. The van der Waals surface area contributed by atoms with Gasteiger partial charge in [-0.05, 0) is 17.7 Å². The molecule has 0 aromatic heterocycles. The normalized spacial score (nSPS) is 15.1. The van der Waals surface area contributed by atoms with Crippen LogP contribution >= 0.6 is 0 Å². The highest BCUT2D eigenvalue weighted by Gasteiger charge is 2.22. The van der Waals surface area contributed by atoms with Crippen molar-refractivity contribution < 1.29 is 13.2 Å². The second-order valence-corrected chi connectivity index (χ2v) is 8.08. The lowest BCUT2D eigenvalue weighted by molar-refractivity contribution is -0.130. The van der Waals surface area contributed by atoms with Gasteiger partial charge in [0.2, 0.25) is 15.9 Å². The lowest BCUT2D eigenvalue weighted by atomic mass is 10.2. The Balaban J connectivity index is 1.47. The van der Waals surface area contributed by atoms with Crippen molar-refractivity contribution in [2.45, 2.75) is 5.75 Å². The van der Waals surface area contributed by atoms with Gasteiger partial charge in [-0.25, -0.2) is 13.1 Å². The van der Waals surface area contributed by atoms with Gasteiger partial charge in [0.1, 0.15) is 0 Å². The molecule has 1 amide bonds. The molecule has 1 saturated heterocycles. The third-order valence-corrected chi connectivity index (χ3v) is 5.69. The Morgan fingerprint density at radius 3 is 2.08 bits per heavy atom. The maximum Gasteiger partial charge on any atom is 0.237 e. The van der Waals surface area contributed by atoms with Crippen LogP contribution < -0.4 is 9.62 Å². The number of carbonyl (C=O) groups excluding carboxylic acids is 1. The van der Waals surface area contributed by atoms with E-state index in [4.69, 9.17) is 0 Å². The van der Waals surface area contributed by atoms with E-state index < -0.39 is 10.0 Å². The molecule has 3 rings (SSSR count). The largest absolute Gasteiger partial charge is 0.368 e. The van der Waals surface area contributed by atoms with Crippen molar-refractivity contribution in [2.24, 2.45) is 0 Å². The minimum Gasteiger partial charge on any atom is -0.368 e. The van der Waals surface area contributed by atoms with Gasteiger partial charge in [-0.2, -0.15) is 0 Å². The van der Waals surface area contributed by atoms with Crippen molar-refractivity contribution in [1.29, 1.82) is 0 Å². The van der Waals surface area contributed by atoms with Crippen molar-refractivity contribution in [1.82, 2.24) is 9.62 Å². The summed E-state index contributed by atoms with van der Waals surface area (Å²) in [4.78, 5) is 16.3. The number of para-hydroxylation sites is 1. The van der Waals surface area contributed by atoms with E-state index in [9.17, 15) is 13.2 Å². The minimum absolute atomic E-state index is 0.122. The van der Waals surface area contributed by atoms with Crippen LogP contribution in [0.1, 0.15) is 5.56 Å². The van der Waals surface area contributed by atoms with Gasteiger partial charge in [-0.3, -0.25) is 4.79 Å². The molecule has 0 bridgehead atoms. The highest BCUT2D eigenvalue weighted by molar-refractivity contribution is 7.88. The first-order valence-corrected chi connectivity index (χ1v) is 10.3. The number of carbonyl (C=O) groups is 1. The van der Waals surface area contributed by atoms with Gasteiger partial charge in [0.15, 0.2) is 0 Å². The van der Waals surface area contributed by atoms with Crippen LogP contribution in [0.5, 0.6) is 0 Å². The summed E-state index contributed by atoms with van der Waals surface area (Å²) < 4.78 is 26.7. The topological polar surface area (TPSA) is 69.7 Å². The summed E-state index contributed by atoms with van der Waals surface area (Å²) >= 11 is 0. The van der Waals surface area contributed by atoms with Gasteiger partial charge in [0.05, 0.1) is 12.3 Å². The first-order chi connectivity index (χ1) is 12.5. The molecule has 1 aliphatic rings. The van der Waals surface area contributed by atoms with E-state index in [1.54, 1.807) is 29.2 Å². The highest BCUT2D eigenvalue weighted by atomic mass is 32.2. The molecule has 0 aliphatic carbocycles. The quantitative estimate of drug-likeness (QED) is 0.832. The fourth-order valence-corrected chi connectivity index (χ4v) is 4.06. The van der Waals surface area contributed by atoms with Crippen LogP contribution in [0.4, 0.5) is 5.69 Å². The van der Waals surface area contributed by atoms with E-state index in [1.165, 1.54) is 0 Å². The summed E-state index contributed by atoms with van der Waals surface area (Å²) in [6.45, 7) is 2.47. The van der Waals surface area contributed by atoms with Gasteiger partial charge in [0, 0.05) is 31.9 Å². The van der Waals surface area contributed by atoms with Gasteiger partial charge < -0.3 is 9.80 Å².